The van der Waals surface area contributed by atoms with Crippen molar-refractivity contribution < 1.29 is 4.42 Å². The summed E-state index contributed by atoms with van der Waals surface area (Å²) in [6.45, 7) is 0. The minimum Gasteiger partial charge on any atom is -0.456 e. The smallest absolute Gasteiger partial charge is 0.164 e. The quantitative estimate of drug-likeness (QED) is 0.171. The topological polar surface area (TPSA) is 51.8 Å². The number of furan rings is 1. The highest BCUT2D eigenvalue weighted by Crippen LogP contribution is 2.43. The van der Waals surface area contributed by atoms with Crippen LogP contribution in [-0.2, 0) is 0 Å². The third-order valence-electron chi connectivity index (χ3n) is 10.9. The minimum absolute atomic E-state index is 0.622. The molecule has 11 aromatic rings. The van der Waals surface area contributed by atoms with Crippen LogP contribution in [0.15, 0.2) is 205 Å². The number of hydrogen-bond acceptors (Lipinski definition) is 4. The summed E-state index contributed by atoms with van der Waals surface area (Å²) in [7, 11) is 0. The summed E-state index contributed by atoms with van der Waals surface area (Å²) in [5, 5.41) is 6.81. The maximum Gasteiger partial charge on any atom is 0.164 e. The minimum atomic E-state index is 0.622. The highest BCUT2D eigenvalue weighted by atomic mass is 16.3. The molecule has 0 spiro atoms. The molecule has 4 heteroatoms. The summed E-state index contributed by atoms with van der Waals surface area (Å²) in [5.74, 6) is 1.87. The van der Waals surface area contributed by atoms with Gasteiger partial charge in [-0.1, -0.05) is 182 Å². The molecule has 2 aromatic heterocycles. The maximum absolute atomic E-state index is 6.52. The number of nitrogens with zero attached hydrogens (tertiary/aromatic N) is 3. The third kappa shape index (κ3) is 5.74. The Bertz CT molecular complexity index is 3270. The van der Waals surface area contributed by atoms with Crippen LogP contribution in [0.1, 0.15) is 0 Å². The van der Waals surface area contributed by atoms with Gasteiger partial charge in [-0.05, 0) is 73.1 Å². The fourth-order valence-corrected chi connectivity index (χ4v) is 8.22. The second-order valence-corrected chi connectivity index (χ2v) is 14.3. The number of benzene rings is 9. The SMILES string of the molecule is c1ccc(-c2cc(-c3cccc4c(-c5nc(-c6ccccc6)nc(-c6ccc(-c7cccc8ccccc78)cc6)n5)cccc34)c3c(c2)oc2ccccc23)cc1. The average molecular weight is 728 g/mol. The molecule has 9 aromatic carbocycles. The van der Waals surface area contributed by atoms with Gasteiger partial charge < -0.3 is 4.42 Å². The molecule has 266 valence electrons. The van der Waals surface area contributed by atoms with E-state index >= 15 is 0 Å². The third-order valence-corrected chi connectivity index (χ3v) is 10.9. The molecule has 57 heavy (non-hydrogen) atoms. The molecule has 11 rings (SSSR count). The van der Waals surface area contributed by atoms with Crippen molar-refractivity contribution in [3.05, 3.63) is 200 Å². The molecule has 4 nitrogen and oxygen atoms in total. The number of aromatic nitrogens is 3. The normalized spacial score (nSPS) is 11.5. The molecule has 0 radical (unpaired) electrons. The molecule has 0 unspecified atom stereocenters. The Kier molecular flexibility index (Phi) is 7.78. The largest absolute Gasteiger partial charge is 0.456 e. The lowest BCUT2D eigenvalue weighted by molar-refractivity contribution is 0.669. The van der Waals surface area contributed by atoms with Gasteiger partial charge in [-0.3, -0.25) is 0 Å². The van der Waals surface area contributed by atoms with Crippen molar-refractivity contribution in [3.8, 4) is 67.5 Å². The van der Waals surface area contributed by atoms with Gasteiger partial charge in [0.2, 0.25) is 0 Å². The van der Waals surface area contributed by atoms with Crippen LogP contribution in [0.2, 0.25) is 0 Å². The van der Waals surface area contributed by atoms with Gasteiger partial charge in [0.25, 0.3) is 0 Å². The van der Waals surface area contributed by atoms with Crippen LogP contribution in [0.3, 0.4) is 0 Å². The summed E-state index contributed by atoms with van der Waals surface area (Å²) >= 11 is 0. The lowest BCUT2D eigenvalue weighted by atomic mass is 9.90. The van der Waals surface area contributed by atoms with Gasteiger partial charge in [0.1, 0.15) is 11.2 Å². The fraction of sp³-hybridized carbons (Fsp3) is 0. The van der Waals surface area contributed by atoms with E-state index in [2.05, 4.69) is 152 Å². The molecule has 0 aliphatic heterocycles. The van der Waals surface area contributed by atoms with Crippen LogP contribution in [0.25, 0.3) is 111 Å². The molecule has 0 aliphatic carbocycles. The molecule has 0 aliphatic rings. The Labute approximate surface area is 329 Å². The van der Waals surface area contributed by atoms with E-state index < -0.39 is 0 Å². The average Bonchev–Trinajstić information content (AvgIpc) is 3.67. The Morgan fingerprint density at radius 2 is 0.807 bits per heavy atom. The molecule has 0 saturated heterocycles. The standard InChI is InChI=1S/C53H33N3O/c1-3-14-34(15-4-1)39-32-47(50-46-21-9-10-27-48(46)57-49(50)33-39)44-25-12-24-43-42(44)23-13-26-45(43)53-55-51(37-17-5-2-6-18-37)54-52(56-53)38-30-28-36(29-31-38)41-22-11-19-35-16-7-8-20-40(35)41/h1-33H. The first kappa shape index (κ1) is 32.7. The maximum atomic E-state index is 6.52. The summed E-state index contributed by atoms with van der Waals surface area (Å²) < 4.78 is 6.52. The van der Waals surface area contributed by atoms with Crippen LogP contribution in [-0.4, -0.2) is 15.0 Å². The lowest BCUT2D eigenvalue weighted by Crippen LogP contribution is -2.00. The molecule has 0 amide bonds. The number of rotatable bonds is 6. The molecule has 0 fully saturated rings. The van der Waals surface area contributed by atoms with Crippen LogP contribution in [0, 0.1) is 0 Å². The van der Waals surface area contributed by atoms with E-state index in [-0.39, 0.29) is 0 Å². The molecule has 2 heterocycles. The van der Waals surface area contributed by atoms with Crippen LogP contribution in [0.5, 0.6) is 0 Å². The molecular weight excluding hydrogens is 695 g/mol. The van der Waals surface area contributed by atoms with Gasteiger partial charge in [0.15, 0.2) is 17.5 Å². The predicted molar refractivity (Wildman–Crippen MR) is 235 cm³/mol. The Morgan fingerprint density at radius 3 is 1.58 bits per heavy atom. The van der Waals surface area contributed by atoms with E-state index in [4.69, 9.17) is 19.4 Å². The second kappa shape index (κ2) is 13.6. The number of hydrogen-bond donors (Lipinski definition) is 0. The lowest BCUT2D eigenvalue weighted by Gasteiger charge is -2.14. The zero-order valence-corrected chi connectivity index (χ0v) is 30.8. The Morgan fingerprint density at radius 1 is 0.281 bits per heavy atom. The van der Waals surface area contributed by atoms with Crippen LogP contribution < -0.4 is 0 Å². The van der Waals surface area contributed by atoms with E-state index in [0.29, 0.717) is 17.5 Å². The van der Waals surface area contributed by atoms with E-state index in [9.17, 15) is 0 Å². The molecule has 0 saturated carbocycles. The number of para-hydroxylation sites is 1. The first-order chi connectivity index (χ1) is 28.2. The highest BCUT2D eigenvalue weighted by molar-refractivity contribution is 6.17. The second-order valence-electron chi connectivity index (χ2n) is 14.3. The monoisotopic (exact) mass is 727 g/mol. The van der Waals surface area contributed by atoms with Crippen molar-refractivity contribution in [2.45, 2.75) is 0 Å². The molecular formula is C53H33N3O. The molecule has 0 atom stereocenters. The van der Waals surface area contributed by atoms with E-state index in [1.54, 1.807) is 0 Å². The van der Waals surface area contributed by atoms with Gasteiger partial charge in [-0.25, -0.2) is 15.0 Å². The van der Waals surface area contributed by atoms with Crippen molar-refractivity contribution in [1.29, 1.82) is 0 Å². The molecule has 0 N–H and O–H groups in total. The molecule has 0 bridgehead atoms. The zero-order chi connectivity index (χ0) is 37.7. The summed E-state index contributed by atoms with van der Waals surface area (Å²) in [6.07, 6.45) is 0. The highest BCUT2D eigenvalue weighted by Gasteiger charge is 2.19. The fourth-order valence-electron chi connectivity index (χ4n) is 8.22. The van der Waals surface area contributed by atoms with Gasteiger partial charge in [-0.2, -0.15) is 0 Å². The number of fused-ring (bicyclic) bond motifs is 5. The predicted octanol–water partition coefficient (Wildman–Crippen LogP) is 14.1. The van der Waals surface area contributed by atoms with E-state index in [1.165, 1.54) is 16.3 Å². The summed E-state index contributed by atoms with van der Waals surface area (Å²) in [4.78, 5) is 15.4. The van der Waals surface area contributed by atoms with Crippen LogP contribution in [0.4, 0.5) is 0 Å². The Balaban J connectivity index is 1.09. The van der Waals surface area contributed by atoms with Gasteiger partial charge >= 0.3 is 0 Å². The first-order valence-corrected chi connectivity index (χ1v) is 19.2. The van der Waals surface area contributed by atoms with Crippen molar-refractivity contribution in [1.82, 2.24) is 15.0 Å². The van der Waals surface area contributed by atoms with Gasteiger partial charge in [-0.15, -0.1) is 0 Å². The van der Waals surface area contributed by atoms with E-state index in [1.807, 2.05) is 48.5 Å². The van der Waals surface area contributed by atoms with Crippen molar-refractivity contribution in [2.24, 2.45) is 0 Å². The zero-order valence-electron chi connectivity index (χ0n) is 30.8. The van der Waals surface area contributed by atoms with Crippen LogP contribution >= 0.6 is 0 Å². The van der Waals surface area contributed by atoms with Gasteiger partial charge in [0, 0.05) is 27.5 Å². The van der Waals surface area contributed by atoms with E-state index in [0.717, 1.165) is 77.2 Å². The van der Waals surface area contributed by atoms with Gasteiger partial charge in [0.05, 0.1) is 0 Å². The van der Waals surface area contributed by atoms with Crippen molar-refractivity contribution >= 4 is 43.5 Å². The first-order valence-electron chi connectivity index (χ1n) is 19.2. The summed E-state index contributed by atoms with van der Waals surface area (Å²) in [6, 6.07) is 69.9. The van der Waals surface area contributed by atoms with Crippen molar-refractivity contribution in [2.75, 3.05) is 0 Å². The summed E-state index contributed by atoms with van der Waals surface area (Å²) in [5.41, 5.74) is 11.3. The Hall–Kier alpha value is -7.69. The van der Waals surface area contributed by atoms with Crippen molar-refractivity contribution in [3.63, 3.8) is 0 Å².